The molecule has 5 nitrogen and oxygen atoms in total. The molecule has 2 rings (SSSR count). The van der Waals surface area contributed by atoms with Crippen LogP contribution in [0.3, 0.4) is 0 Å². The minimum absolute atomic E-state index is 0.585. The summed E-state index contributed by atoms with van der Waals surface area (Å²) in [6, 6.07) is 3.62. The number of aromatic nitrogens is 3. The molecule has 0 aliphatic rings. The molecule has 2 N–H and O–H groups in total. The van der Waals surface area contributed by atoms with Crippen molar-refractivity contribution >= 4 is 17.4 Å². The van der Waals surface area contributed by atoms with Crippen LogP contribution in [0, 0.1) is 6.92 Å². The van der Waals surface area contributed by atoms with Crippen LogP contribution >= 0.6 is 11.8 Å². The van der Waals surface area contributed by atoms with Gasteiger partial charge in [-0.25, -0.2) is 4.98 Å². The van der Waals surface area contributed by atoms with Crippen molar-refractivity contribution in [2.75, 3.05) is 5.73 Å². The van der Waals surface area contributed by atoms with Gasteiger partial charge in [-0.2, -0.15) is 4.98 Å². The van der Waals surface area contributed by atoms with E-state index in [1.165, 1.54) is 11.8 Å². The second-order valence-corrected chi connectivity index (χ2v) is 3.89. The van der Waals surface area contributed by atoms with E-state index in [9.17, 15) is 0 Å². The van der Waals surface area contributed by atoms with E-state index < -0.39 is 0 Å². The average molecular weight is 222 g/mol. The monoisotopic (exact) mass is 222 g/mol. The van der Waals surface area contributed by atoms with E-state index >= 15 is 0 Å². The molecule has 2 heterocycles. The summed E-state index contributed by atoms with van der Waals surface area (Å²) in [5.41, 5.74) is 6.41. The summed E-state index contributed by atoms with van der Waals surface area (Å²) in [7, 11) is 0. The molecule has 0 saturated carbocycles. The molecule has 0 saturated heterocycles. The fourth-order valence-electron chi connectivity index (χ4n) is 1.05. The smallest absolute Gasteiger partial charge is 0.237 e. The molecule has 15 heavy (non-hydrogen) atoms. The molecule has 0 aromatic carbocycles. The molecule has 0 amide bonds. The van der Waals surface area contributed by atoms with E-state index in [2.05, 4.69) is 15.1 Å². The van der Waals surface area contributed by atoms with Gasteiger partial charge in [-0.05, 0) is 19.1 Å². The Balaban J connectivity index is 2.02. The van der Waals surface area contributed by atoms with Gasteiger partial charge in [0.05, 0.1) is 11.4 Å². The van der Waals surface area contributed by atoms with Crippen molar-refractivity contribution in [3.05, 3.63) is 30.0 Å². The Morgan fingerprint density at radius 2 is 2.40 bits per heavy atom. The summed E-state index contributed by atoms with van der Waals surface area (Å²) in [5, 5.41) is 4.49. The second-order valence-electron chi connectivity index (χ2n) is 2.92. The Hall–Kier alpha value is -1.56. The number of pyridine rings is 1. The van der Waals surface area contributed by atoms with Gasteiger partial charge in [0, 0.05) is 6.20 Å². The summed E-state index contributed by atoms with van der Waals surface area (Å²) in [5.74, 6) is 1.81. The summed E-state index contributed by atoms with van der Waals surface area (Å²) < 4.78 is 4.98. The lowest BCUT2D eigenvalue weighted by atomic mass is 10.4. The number of hydrogen-bond acceptors (Lipinski definition) is 6. The van der Waals surface area contributed by atoms with Crippen LogP contribution in [0.2, 0.25) is 0 Å². The highest BCUT2D eigenvalue weighted by Gasteiger charge is 2.06. The zero-order valence-corrected chi connectivity index (χ0v) is 8.99. The minimum Gasteiger partial charge on any atom is -0.397 e. The quantitative estimate of drug-likeness (QED) is 0.795. The number of nitrogen functional groups attached to an aromatic ring is 1. The van der Waals surface area contributed by atoms with Crippen molar-refractivity contribution < 1.29 is 4.52 Å². The lowest BCUT2D eigenvalue weighted by molar-refractivity contribution is 0.387. The first-order valence-electron chi connectivity index (χ1n) is 4.38. The third-order valence-electron chi connectivity index (χ3n) is 1.70. The molecule has 2 aromatic rings. The molecule has 0 radical (unpaired) electrons. The molecule has 2 aromatic heterocycles. The molecule has 0 atom stereocenters. The molecule has 78 valence electrons. The lowest BCUT2D eigenvalue weighted by Gasteiger charge is -2.00. The highest BCUT2D eigenvalue weighted by Crippen LogP contribution is 2.24. The summed E-state index contributed by atoms with van der Waals surface area (Å²) in [4.78, 5) is 8.24. The first-order chi connectivity index (χ1) is 7.25. The Morgan fingerprint density at radius 1 is 1.53 bits per heavy atom. The lowest BCUT2D eigenvalue weighted by Crippen LogP contribution is -1.91. The van der Waals surface area contributed by atoms with Gasteiger partial charge in [0.2, 0.25) is 5.89 Å². The van der Waals surface area contributed by atoms with E-state index in [-0.39, 0.29) is 0 Å². The maximum absolute atomic E-state index is 5.74. The van der Waals surface area contributed by atoms with E-state index in [0.717, 1.165) is 5.03 Å². The molecule has 0 spiro atoms. The Morgan fingerprint density at radius 3 is 3.07 bits per heavy atom. The molecular formula is C9H10N4OS. The van der Waals surface area contributed by atoms with Gasteiger partial charge < -0.3 is 10.3 Å². The van der Waals surface area contributed by atoms with Gasteiger partial charge in [0.25, 0.3) is 0 Å². The van der Waals surface area contributed by atoms with Crippen LogP contribution in [-0.2, 0) is 5.75 Å². The van der Waals surface area contributed by atoms with E-state index in [1.54, 1.807) is 19.2 Å². The van der Waals surface area contributed by atoms with Crippen LogP contribution < -0.4 is 5.73 Å². The third kappa shape index (κ3) is 2.47. The van der Waals surface area contributed by atoms with Crippen LogP contribution in [0.15, 0.2) is 27.9 Å². The number of rotatable bonds is 3. The van der Waals surface area contributed by atoms with Crippen LogP contribution in [0.4, 0.5) is 5.69 Å². The van der Waals surface area contributed by atoms with E-state index in [1.807, 2.05) is 6.07 Å². The molecular weight excluding hydrogens is 212 g/mol. The highest BCUT2D eigenvalue weighted by molar-refractivity contribution is 7.98. The Bertz CT molecular complexity index is 457. The van der Waals surface area contributed by atoms with Crippen molar-refractivity contribution in [1.29, 1.82) is 0 Å². The molecule has 0 bridgehead atoms. The van der Waals surface area contributed by atoms with Crippen LogP contribution in [-0.4, -0.2) is 15.1 Å². The standard InChI is InChI=1S/C9H10N4OS/c1-6-12-8(14-13-6)5-15-9-7(10)3-2-4-11-9/h2-4H,5,10H2,1H3. The zero-order valence-electron chi connectivity index (χ0n) is 8.17. The maximum Gasteiger partial charge on any atom is 0.237 e. The van der Waals surface area contributed by atoms with Crippen molar-refractivity contribution in [1.82, 2.24) is 15.1 Å². The predicted octanol–water partition coefficient (Wildman–Crippen LogP) is 1.65. The van der Waals surface area contributed by atoms with Crippen LogP contribution in [0.5, 0.6) is 0 Å². The summed E-state index contributed by atoms with van der Waals surface area (Å²) in [6.07, 6.45) is 1.71. The first kappa shape index (κ1) is 9.97. The van der Waals surface area contributed by atoms with Gasteiger partial charge in [-0.3, -0.25) is 0 Å². The number of aryl methyl sites for hydroxylation is 1. The van der Waals surface area contributed by atoms with Gasteiger partial charge in [-0.15, -0.1) is 0 Å². The zero-order chi connectivity index (χ0) is 10.7. The molecule has 6 heteroatoms. The second kappa shape index (κ2) is 4.31. The van der Waals surface area contributed by atoms with Crippen LogP contribution in [0.1, 0.15) is 11.7 Å². The number of hydrogen-bond donors (Lipinski definition) is 1. The number of thioether (sulfide) groups is 1. The maximum atomic E-state index is 5.74. The molecule has 0 unspecified atom stereocenters. The van der Waals surface area contributed by atoms with E-state index in [4.69, 9.17) is 10.3 Å². The van der Waals surface area contributed by atoms with Gasteiger partial charge >= 0.3 is 0 Å². The fourth-order valence-corrected chi connectivity index (χ4v) is 1.80. The number of nitrogens with two attached hydrogens (primary N) is 1. The largest absolute Gasteiger partial charge is 0.397 e. The van der Waals surface area contributed by atoms with Crippen molar-refractivity contribution in [3.8, 4) is 0 Å². The molecule has 0 aliphatic carbocycles. The fraction of sp³-hybridized carbons (Fsp3) is 0.222. The predicted molar refractivity (Wildman–Crippen MR) is 57.2 cm³/mol. The number of anilines is 1. The van der Waals surface area contributed by atoms with Crippen molar-refractivity contribution in [2.45, 2.75) is 17.7 Å². The van der Waals surface area contributed by atoms with Gasteiger partial charge in [0.1, 0.15) is 5.03 Å². The minimum atomic E-state index is 0.585. The SMILES string of the molecule is Cc1noc(CSc2ncccc2N)n1. The number of nitrogens with zero attached hydrogens (tertiary/aromatic N) is 3. The topological polar surface area (TPSA) is 77.8 Å². The van der Waals surface area contributed by atoms with Crippen LogP contribution in [0.25, 0.3) is 0 Å². The Kier molecular flexibility index (Phi) is 2.86. The highest BCUT2D eigenvalue weighted by atomic mass is 32.2. The van der Waals surface area contributed by atoms with Crippen molar-refractivity contribution in [2.24, 2.45) is 0 Å². The molecule has 0 fully saturated rings. The van der Waals surface area contributed by atoms with Gasteiger partial charge in [-0.1, -0.05) is 16.9 Å². The normalized spacial score (nSPS) is 10.5. The third-order valence-corrected chi connectivity index (χ3v) is 2.71. The molecule has 0 aliphatic heterocycles. The first-order valence-corrected chi connectivity index (χ1v) is 5.37. The van der Waals surface area contributed by atoms with Crippen molar-refractivity contribution in [3.63, 3.8) is 0 Å². The summed E-state index contributed by atoms with van der Waals surface area (Å²) in [6.45, 7) is 1.78. The van der Waals surface area contributed by atoms with Gasteiger partial charge in [0.15, 0.2) is 5.82 Å². The Labute approximate surface area is 91.1 Å². The van der Waals surface area contributed by atoms with E-state index in [0.29, 0.717) is 23.2 Å². The average Bonchev–Trinajstić information content (AvgIpc) is 2.63. The summed E-state index contributed by atoms with van der Waals surface area (Å²) >= 11 is 1.48.